The number of aromatic nitrogens is 1. The van der Waals surface area contributed by atoms with Gasteiger partial charge in [-0.3, -0.25) is 19.5 Å². The summed E-state index contributed by atoms with van der Waals surface area (Å²) in [6, 6.07) is 5.23. The van der Waals surface area contributed by atoms with Crippen LogP contribution in [0.25, 0.3) is 21.3 Å². The maximum Gasteiger partial charge on any atom is 0.230 e. The summed E-state index contributed by atoms with van der Waals surface area (Å²) in [5, 5.41) is 0.480. The van der Waals surface area contributed by atoms with Crippen molar-refractivity contribution in [2.75, 3.05) is 0 Å². The summed E-state index contributed by atoms with van der Waals surface area (Å²) in [4.78, 5) is 29.6. The van der Waals surface area contributed by atoms with Gasteiger partial charge in [0.15, 0.2) is 5.82 Å². The lowest BCUT2D eigenvalue weighted by Gasteiger charge is -2.21. The summed E-state index contributed by atoms with van der Waals surface area (Å²) >= 11 is 7.50. The molecule has 1 aromatic carbocycles. The number of rotatable bonds is 5. The smallest absolute Gasteiger partial charge is 0.230 e. The summed E-state index contributed by atoms with van der Waals surface area (Å²) in [5.41, 5.74) is 2.20. The maximum atomic E-state index is 15.3. The number of thiophene rings is 1. The minimum atomic E-state index is -1.04. The number of benzene rings is 1. The SMILES string of the molecule is Cc1cc(Cl)cc(-c2ccnc3c(F)c(CN4C(=O)CCC4=O)sc23)c1O[C@@H]1CCC[C@@H]1F. The third-order valence-corrected chi connectivity index (χ3v) is 7.60. The number of fused-ring (bicyclic) bond motifs is 1. The number of imide groups is 1. The van der Waals surface area contributed by atoms with Gasteiger partial charge in [0, 0.05) is 35.2 Å². The molecule has 1 aliphatic heterocycles. The molecule has 5 nitrogen and oxygen atoms in total. The molecule has 2 amide bonds. The summed E-state index contributed by atoms with van der Waals surface area (Å²) in [7, 11) is 0. The molecular formula is C24H21ClF2N2O3S. The zero-order valence-electron chi connectivity index (χ0n) is 17.9. The summed E-state index contributed by atoms with van der Waals surface area (Å²) in [5.74, 6) is -0.640. The quantitative estimate of drug-likeness (QED) is 0.413. The van der Waals surface area contributed by atoms with Crippen LogP contribution in [0.5, 0.6) is 5.75 Å². The van der Waals surface area contributed by atoms with Gasteiger partial charge in [-0.1, -0.05) is 11.6 Å². The number of pyridine rings is 1. The van der Waals surface area contributed by atoms with E-state index in [2.05, 4.69) is 4.98 Å². The molecule has 9 heteroatoms. The molecule has 3 aromatic rings. The number of alkyl halides is 1. The van der Waals surface area contributed by atoms with Crippen molar-refractivity contribution in [2.45, 2.75) is 57.8 Å². The Morgan fingerprint density at radius 1 is 1.21 bits per heavy atom. The summed E-state index contributed by atoms with van der Waals surface area (Å²) in [6.07, 6.45) is 2.08. The molecule has 2 fully saturated rings. The van der Waals surface area contributed by atoms with E-state index in [1.54, 1.807) is 18.2 Å². The van der Waals surface area contributed by atoms with Crippen LogP contribution in [-0.4, -0.2) is 34.0 Å². The first kappa shape index (κ1) is 22.2. The number of halogens is 3. The minimum Gasteiger partial charge on any atom is -0.486 e. The number of hydrogen-bond donors (Lipinski definition) is 0. The molecule has 0 spiro atoms. The molecule has 2 atom stereocenters. The molecule has 1 aliphatic carbocycles. The molecular weight excluding hydrogens is 470 g/mol. The third kappa shape index (κ3) is 3.99. The Bertz CT molecular complexity index is 1260. The minimum absolute atomic E-state index is 0.118. The van der Waals surface area contributed by atoms with Gasteiger partial charge >= 0.3 is 0 Å². The molecule has 0 N–H and O–H groups in total. The Hall–Kier alpha value is -2.58. The topological polar surface area (TPSA) is 59.5 Å². The average Bonchev–Trinajstić information content (AvgIpc) is 3.43. The van der Waals surface area contributed by atoms with E-state index in [-0.39, 0.29) is 41.6 Å². The lowest BCUT2D eigenvalue weighted by molar-refractivity contribution is -0.139. The van der Waals surface area contributed by atoms with Crippen LogP contribution in [0.2, 0.25) is 5.02 Å². The van der Waals surface area contributed by atoms with Crippen LogP contribution in [0.1, 0.15) is 42.5 Å². The van der Waals surface area contributed by atoms with E-state index in [0.717, 1.165) is 28.2 Å². The van der Waals surface area contributed by atoms with E-state index in [9.17, 15) is 14.0 Å². The molecule has 0 unspecified atom stereocenters. The van der Waals surface area contributed by atoms with Crippen LogP contribution in [0.4, 0.5) is 8.78 Å². The van der Waals surface area contributed by atoms with Gasteiger partial charge in [-0.2, -0.15) is 0 Å². The number of aryl methyl sites for hydroxylation is 1. The molecule has 2 aromatic heterocycles. The fourth-order valence-corrected chi connectivity index (χ4v) is 5.94. The summed E-state index contributed by atoms with van der Waals surface area (Å²) < 4.78 is 36.3. The van der Waals surface area contributed by atoms with Gasteiger partial charge in [-0.05, 0) is 49.9 Å². The fourth-order valence-electron chi connectivity index (χ4n) is 4.52. The second kappa shape index (κ2) is 8.65. The number of carbonyl (C=O) groups is 2. The van der Waals surface area contributed by atoms with Gasteiger partial charge in [-0.15, -0.1) is 11.3 Å². The van der Waals surface area contributed by atoms with E-state index in [1.807, 2.05) is 6.92 Å². The number of nitrogens with zero attached hydrogens (tertiary/aromatic N) is 2. The van der Waals surface area contributed by atoms with Crippen molar-refractivity contribution in [3.05, 3.63) is 45.7 Å². The second-order valence-electron chi connectivity index (χ2n) is 8.45. The Morgan fingerprint density at radius 2 is 1.97 bits per heavy atom. The first-order chi connectivity index (χ1) is 15.8. The van der Waals surface area contributed by atoms with Crippen LogP contribution < -0.4 is 4.74 Å². The lowest BCUT2D eigenvalue weighted by Crippen LogP contribution is -2.28. The standard InChI is InChI=1S/C24H21ClF2N2O3S/c1-12-9-13(25)10-15(23(12)32-17-4-2-3-16(17)26)14-7-8-28-22-21(27)18(33-24(14)22)11-29-19(30)5-6-20(29)31/h7-10,16-17H,2-6,11H2,1H3/t16-,17+/m0/s1. The lowest BCUT2D eigenvalue weighted by atomic mass is 10.0. The molecule has 172 valence electrons. The van der Waals surface area contributed by atoms with E-state index < -0.39 is 18.1 Å². The molecule has 3 heterocycles. The highest BCUT2D eigenvalue weighted by Gasteiger charge is 2.32. The van der Waals surface area contributed by atoms with Gasteiger partial charge < -0.3 is 4.74 Å². The van der Waals surface area contributed by atoms with Crippen molar-refractivity contribution < 1.29 is 23.1 Å². The average molecular weight is 491 g/mol. The highest BCUT2D eigenvalue weighted by molar-refractivity contribution is 7.19. The fraction of sp³-hybridized carbons (Fsp3) is 0.375. The number of carbonyl (C=O) groups excluding carboxylic acids is 2. The Balaban J connectivity index is 1.60. The number of amides is 2. The number of likely N-dealkylation sites (tertiary alicyclic amines) is 1. The molecule has 5 rings (SSSR count). The van der Waals surface area contributed by atoms with Crippen molar-refractivity contribution in [3.8, 4) is 16.9 Å². The van der Waals surface area contributed by atoms with Gasteiger partial charge in [-0.25, -0.2) is 8.78 Å². The molecule has 33 heavy (non-hydrogen) atoms. The van der Waals surface area contributed by atoms with Crippen molar-refractivity contribution >= 4 is 45.0 Å². The Labute approximate surface area is 198 Å². The highest BCUT2D eigenvalue weighted by Crippen LogP contribution is 2.44. The highest BCUT2D eigenvalue weighted by atomic mass is 35.5. The number of ether oxygens (including phenoxy) is 1. The normalized spacial score (nSPS) is 20.9. The summed E-state index contributed by atoms with van der Waals surface area (Å²) in [6.45, 7) is 1.73. The van der Waals surface area contributed by atoms with Crippen molar-refractivity contribution in [2.24, 2.45) is 0 Å². The monoisotopic (exact) mass is 490 g/mol. The zero-order chi connectivity index (χ0) is 23.3. The van der Waals surface area contributed by atoms with Crippen LogP contribution in [0.15, 0.2) is 24.4 Å². The molecule has 0 bridgehead atoms. The van der Waals surface area contributed by atoms with Gasteiger partial charge in [0.25, 0.3) is 0 Å². The third-order valence-electron chi connectivity index (χ3n) is 6.21. The molecule has 1 saturated carbocycles. The largest absolute Gasteiger partial charge is 0.486 e. The first-order valence-electron chi connectivity index (χ1n) is 10.8. The van der Waals surface area contributed by atoms with Crippen molar-refractivity contribution in [1.29, 1.82) is 0 Å². The van der Waals surface area contributed by atoms with Crippen LogP contribution in [0.3, 0.4) is 0 Å². The predicted molar refractivity (Wildman–Crippen MR) is 123 cm³/mol. The molecule has 0 radical (unpaired) electrons. The van der Waals surface area contributed by atoms with Crippen LogP contribution >= 0.6 is 22.9 Å². The predicted octanol–water partition coefficient (Wildman–Crippen LogP) is 5.98. The van der Waals surface area contributed by atoms with Gasteiger partial charge in [0.05, 0.1) is 16.1 Å². The molecule has 1 saturated heterocycles. The maximum absolute atomic E-state index is 15.3. The zero-order valence-corrected chi connectivity index (χ0v) is 19.4. The van der Waals surface area contributed by atoms with E-state index >= 15 is 4.39 Å². The van der Waals surface area contributed by atoms with Crippen molar-refractivity contribution in [3.63, 3.8) is 0 Å². The van der Waals surface area contributed by atoms with Gasteiger partial charge in [0.1, 0.15) is 23.5 Å². The Kier molecular flexibility index (Phi) is 5.82. The Morgan fingerprint density at radius 3 is 2.67 bits per heavy atom. The molecule has 2 aliphatic rings. The van der Waals surface area contributed by atoms with E-state index in [0.29, 0.717) is 39.4 Å². The van der Waals surface area contributed by atoms with Crippen LogP contribution in [-0.2, 0) is 16.1 Å². The van der Waals surface area contributed by atoms with E-state index in [4.69, 9.17) is 16.3 Å². The van der Waals surface area contributed by atoms with Crippen LogP contribution in [0, 0.1) is 12.7 Å². The van der Waals surface area contributed by atoms with Gasteiger partial charge in [0.2, 0.25) is 11.8 Å². The van der Waals surface area contributed by atoms with Crippen molar-refractivity contribution in [1.82, 2.24) is 9.88 Å². The first-order valence-corrected chi connectivity index (χ1v) is 12.0. The second-order valence-corrected chi connectivity index (χ2v) is 9.99. The number of hydrogen-bond acceptors (Lipinski definition) is 5. The van der Waals surface area contributed by atoms with E-state index in [1.165, 1.54) is 6.20 Å².